The Balaban J connectivity index is 0.00000196. The largest absolute Gasteiger partial charge is 0.440 e. The van der Waals surface area contributed by atoms with Gasteiger partial charge in [0.2, 0.25) is 11.8 Å². The molecule has 9 heteroatoms. The van der Waals surface area contributed by atoms with E-state index in [9.17, 15) is 4.79 Å². The van der Waals surface area contributed by atoms with E-state index in [1.807, 2.05) is 31.2 Å². The number of oxazole rings is 1. The second-order valence-electron chi connectivity index (χ2n) is 6.76. The van der Waals surface area contributed by atoms with Crippen molar-refractivity contribution in [1.29, 1.82) is 0 Å². The molecule has 156 valence electrons. The van der Waals surface area contributed by atoms with E-state index < -0.39 is 0 Å². The predicted octanol–water partition coefficient (Wildman–Crippen LogP) is 4.85. The molecule has 5 nitrogen and oxygen atoms in total. The van der Waals surface area contributed by atoms with Gasteiger partial charge in [-0.2, -0.15) is 0 Å². The van der Waals surface area contributed by atoms with E-state index in [2.05, 4.69) is 10.3 Å². The minimum Gasteiger partial charge on any atom is -0.440 e. The average Bonchev–Trinajstić information content (AvgIpc) is 3.30. The highest BCUT2D eigenvalue weighted by Crippen LogP contribution is 2.30. The lowest BCUT2D eigenvalue weighted by molar-refractivity contribution is -0.122. The highest BCUT2D eigenvalue weighted by atomic mass is 35.5. The summed E-state index contributed by atoms with van der Waals surface area (Å²) >= 11 is 7.42. The second-order valence-corrected chi connectivity index (χ2v) is 8.52. The molecule has 1 aliphatic rings. The molecule has 1 fully saturated rings. The number of hydrogen-bond acceptors (Lipinski definition) is 5. The van der Waals surface area contributed by atoms with Gasteiger partial charge in [-0.15, -0.1) is 36.6 Å². The average molecular weight is 467 g/mol. The summed E-state index contributed by atoms with van der Waals surface area (Å²) in [7, 11) is 0. The number of nitrogens with zero attached hydrogens (tertiary/aromatic N) is 1. The van der Waals surface area contributed by atoms with Crippen molar-refractivity contribution in [2.75, 3.05) is 6.54 Å². The molecule has 1 aromatic carbocycles. The number of benzene rings is 1. The predicted molar refractivity (Wildman–Crippen MR) is 121 cm³/mol. The van der Waals surface area contributed by atoms with Gasteiger partial charge in [-0.25, -0.2) is 4.98 Å². The highest BCUT2D eigenvalue weighted by Gasteiger charge is 2.34. The molecule has 3 rings (SSSR count). The normalized spacial score (nSPS) is 16.0. The third kappa shape index (κ3) is 6.29. The number of aromatic nitrogens is 1. The van der Waals surface area contributed by atoms with Gasteiger partial charge in [-0.1, -0.05) is 24.4 Å². The first-order valence-electron chi connectivity index (χ1n) is 8.86. The maximum absolute atomic E-state index is 12.5. The first-order valence-corrected chi connectivity index (χ1v) is 10.3. The van der Waals surface area contributed by atoms with Crippen LogP contribution in [0.15, 0.2) is 34.9 Å². The molecule has 1 unspecified atom stereocenters. The molecule has 1 aromatic heterocycles. The van der Waals surface area contributed by atoms with Gasteiger partial charge in [0.1, 0.15) is 0 Å². The molecular weight excluding hydrogens is 441 g/mol. The smallest absolute Gasteiger partial charge is 0.233 e. The number of nitrogens with two attached hydrogens (primary N) is 1. The summed E-state index contributed by atoms with van der Waals surface area (Å²) in [6.07, 6.45) is 5.89. The molecule has 1 aliphatic carbocycles. The first kappa shape index (κ1) is 25.1. The van der Waals surface area contributed by atoms with Crippen LogP contribution in [0.1, 0.15) is 38.5 Å². The van der Waals surface area contributed by atoms with Crippen molar-refractivity contribution in [3.8, 4) is 11.3 Å². The van der Waals surface area contributed by atoms with Crippen LogP contribution in [0.3, 0.4) is 0 Å². The summed E-state index contributed by atoms with van der Waals surface area (Å²) in [6, 6.07) is 7.42. The number of hydrogen-bond donors (Lipinski definition) is 2. The zero-order valence-corrected chi connectivity index (χ0v) is 18.9. The molecule has 0 bridgehead atoms. The molecule has 28 heavy (non-hydrogen) atoms. The Morgan fingerprint density at radius 1 is 1.32 bits per heavy atom. The molecule has 3 N–H and O–H groups in total. The van der Waals surface area contributed by atoms with Gasteiger partial charge < -0.3 is 15.5 Å². The molecule has 0 aliphatic heterocycles. The molecule has 0 radical (unpaired) electrons. The number of nitrogens with one attached hydrogen (secondary N) is 1. The van der Waals surface area contributed by atoms with Crippen LogP contribution in [0, 0.1) is 0 Å². The summed E-state index contributed by atoms with van der Waals surface area (Å²) in [5.74, 6) is 1.88. The van der Waals surface area contributed by atoms with Gasteiger partial charge in [0.25, 0.3) is 0 Å². The van der Waals surface area contributed by atoms with E-state index in [0.29, 0.717) is 29.0 Å². The fourth-order valence-corrected chi connectivity index (χ4v) is 4.05. The first-order chi connectivity index (χ1) is 12.5. The number of halogens is 3. The lowest BCUT2D eigenvalue weighted by Gasteiger charge is -2.30. The summed E-state index contributed by atoms with van der Waals surface area (Å²) in [6.45, 7) is 2.41. The van der Waals surface area contributed by atoms with Crippen LogP contribution in [0.25, 0.3) is 11.3 Å². The Morgan fingerprint density at radius 3 is 2.57 bits per heavy atom. The highest BCUT2D eigenvalue weighted by molar-refractivity contribution is 7.99. The Bertz CT molecular complexity index is 749. The number of carbonyl (C=O) groups is 1. The standard InChI is InChI=1S/C19H24ClN3O2S.2ClH/c1-13(18(24)23-19(12-21)8-2-3-9-19)26-11-17-22-10-16(25-17)14-4-6-15(20)7-5-14;;/h4-7,10,13H,2-3,8-9,11-12,21H2,1H3,(H,23,24);2*1H. The van der Waals surface area contributed by atoms with Crippen LogP contribution in [0.2, 0.25) is 5.02 Å². The molecule has 1 heterocycles. The topological polar surface area (TPSA) is 81.2 Å². The molecule has 1 amide bonds. The number of amides is 1. The van der Waals surface area contributed by atoms with Crippen molar-refractivity contribution in [1.82, 2.24) is 10.3 Å². The van der Waals surface area contributed by atoms with E-state index in [1.54, 1.807) is 6.20 Å². The zero-order valence-electron chi connectivity index (χ0n) is 15.7. The van der Waals surface area contributed by atoms with Crippen molar-refractivity contribution in [2.24, 2.45) is 5.73 Å². The maximum Gasteiger partial charge on any atom is 0.233 e. The number of thioether (sulfide) groups is 1. The van der Waals surface area contributed by atoms with Gasteiger partial charge in [0.05, 0.1) is 22.7 Å². The fraction of sp³-hybridized carbons (Fsp3) is 0.474. The molecule has 1 atom stereocenters. The number of rotatable bonds is 7. The van der Waals surface area contributed by atoms with Gasteiger partial charge in [-0.3, -0.25) is 4.79 Å². The van der Waals surface area contributed by atoms with Crippen LogP contribution in [-0.4, -0.2) is 28.2 Å². The quantitative estimate of drug-likeness (QED) is 0.609. The summed E-state index contributed by atoms with van der Waals surface area (Å²) in [5.41, 5.74) is 6.61. The lowest BCUT2D eigenvalue weighted by Crippen LogP contribution is -2.53. The molecule has 0 spiro atoms. The monoisotopic (exact) mass is 465 g/mol. The number of carbonyl (C=O) groups excluding carboxylic acids is 1. The van der Waals surface area contributed by atoms with Crippen molar-refractivity contribution < 1.29 is 9.21 Å². The van der Waals surface area contributed by atoms with E-state index in [-0.39, 0.29) is 41.5 Å². The van der Waals surface area contributed by atoms with Gasteiger partial charge in [0.15, 0.2) is 5.76 Å². The third-order valence-electron chi connectivity index (χ3n) is 4.85. The summed E-state index contributed by atoms with van der Waals surface area (Å²) < 4.78 is 5.79. The molecule has 0 saturated heterocycles. The third-order valence-corrected chi connectivity index (χ3v) is 6.23. The van der Waals surface area contributed by atoms with Crippen molar-refractivity contribution in [3.63, 3.8) is 0 Å². The summed E-state index contributed by atoms with van der Waals surface area (Å²) in [5, 5.41) is 3.66. The lowest BCUT2D eigenvalue weighted by atomic mass is 9.98. The van der Waals surface area contributed by atoms with Gasteiger partial charge in [0, 0.05) is 17.1 Å². The Kier molecular flexibility index (Phi) is 10.1. The minimum atomic E-state index is -0.212. The van der Waals surface area contributed by atoms with E-state index in [1.165, 1.54) is 11.8 Å². The van der Waals surface area contributed by atoms with Gasteiger partial charge >= 0.3 is 0 Å². The maximum atomic E-state index is 12.5. The van der Waals surface area contributed by atoms with Crippen LogP contribution >= 0.6 is 48.2 Å². The summed E-state index contributed by atoms with van der Waals surface area (Å²) in [4.78, 5) is 16.8. The molecule has 2 aromatic rings. The van der Waals surface area contributed by atoms with Crippen LogP contribution < -0.4 is 11.1 Å². The van der Waals surface area contributed by atoms with Crippen molar-refractivity contribution in [2.45, 2.75) is 49.1 Å². The van der Waals surface area contributed by atoms with Crippen LogP contribution in [0.5, 0.6) is 0 Å². The SMILES string of the molecule is CC(SCc1ncc(-c2ccc(Cl)cc2)o1)C(=O)NC1(CN)CCCC1.Cl.Cl. The fourth-order valence-electron chi connectivity index (χ4n) is 3.19. The molecule has 1 saturated carbocycles. The molecular formula is C19H26Cl3N3O2S. The van der Waals surface area contributed by atoms with E-state index in [0.717, 1.165) is 31.2 Å². The van der Waals surface area contributed by atoms with Crippen LogP contribution in [-0.2, 0) is 10.5 Å². The van der Waals surface area contributed by atoms with Crippen molar-refractivity contribution in [3.05, 3.63) is 41.4 Å². The van der Waals surface area contributed by atoms with Crippen LogP contribution in [0.4, 0.5) is 0 Å². The Hall–Kier alpha value is -0.920. The Morgan fingerprint density at radius 2 is 1.96 bits per heavy atom. The Labute approximate surface area is 187 Å². The minimum absolute atomic E-state index is 0. The second kappa shape index (κ2) is 11.3. The van der Waals surface area contributed by atoms with E-state index >= 15 is 0 Å². The van der Waals surface area contributed by atoms with E-state index in [4.69, 9.17) is 21.8 Å². The zero-order chi connectivity index (χ0) is 18.6. The van der Waals surface area contributed by atoms with Gasteiger partial charge in [-0.05, 0) is 44.0 Å². The van der Waals surface area contributed by atoms with Crippen molar-refractivity contribution >= 4 is 54.1 Å².